The van der Waals surface area contributed by atoms with Crippen LogP contribution in [0.15, 0.2) is 30.3 Å². The number of aryl methyl sites for hydroxylation is 1. The van der Waals surface area contributed by atoms with E-state index in [1.165, 1.54) is 14.2 Å². The molecule has 6 heteroatoms. The zero-order valence-corrected chi connectivity index (χ0v) is 18.4. The first-order valence-corrected chi connectivity index (χ1v) is 11.8. The highest BCUT2D eigenvalue weighted by molar-refractivity contribution is 6.74. The molecular formula is C20H34O5Si. The minimum Gasteiger partial charge on any atom is -0.467 e. The third kappa shape index (κ3) is 5.39. The second-order valence-electron chi connectivity index (χ2n) is 8.00. The van der Waals surface area contributed by atoms with Crippen molar-refractivity contribution in [2.24, 2.45) is 0 Å². The minimum atomic E-state index is -2.25. The van der Waals surface area contributed by atoms with Crippen molar-refractivity contribution < 1.29 is 23.4 Å². The fourth-order valence-corrected chi connectivity index (χ4v) is 4.06. The van der Waals surface area contributed by atoms with E-state index in [9.17, 15) is 4.79 Å². The number of esters is 1. The van der Waals surface area contributed by atoms with Gasteiger partial charge in [-0.25, -0.2) is 4.79 Å². The van der Waals surface area contributed by atoms with E-state index in [1.807, 2.05) is 30.3 Å². The van der Waals surface area contributed by atoms with Gasteiger partial charge in [0.2, 0.25) is 6.10 Å². The molecule has 1 aromatic rings. The maximum Gasteiger partial charge on any atom is 0.340 e. The van der Waals surface area contributed by atoms with Gasteiger partial charge in [0.25, 0.3) is 0 Å². The quantitative estimate of drug-likeness (QED) is 0.364. The minimum absolute atomic E-state index is 0.0437. The van der Waals surface area contributed by atoms with Gasteiger partial charge < -0.3 is 18.6 Å². The first-order chi connectivity index (χ1) is 12.0. The maximum atomic E-state index is 12.4. The van der Waals surface area contributed by atoms with Crippen LogP contribution in [-0.4, -0.2) is 47.5 Å². The van der Waals surface area contributed by atoms with Crippen LogP contribution in [0.1, 0.15) is 32.8 Å². The van der Waals surface area contributed by atoms with Crippen molar-refractivity contribution in [3.63, 3.8) is 0 Å². The third-order valence-corrected chi connectivity index (χ3v) is 9.70. The molecule has 0 bridgehead atoms. The predicted molar refractivity (Wildman–Crippen MR) is 106 cm³/mol. The molecule has 0 amide bonds. The Kier molecular flexibility index (Phi) is 8.01. The fourth-order valence-electron chi connectivity index (χ4n) is 2.60. The molecule has 1 aromatic carbocycles. The second kappa shape index (κ2) is 9.13. The summed E-state index contributed by atoms with van der Waals surface area (Å²) in [7, 11) is 2.14. The van der Waals surface area contributed by atoms with E-state index in [1.54, 1.807) is 7.11 Å². The number of rotatable bonds is 9. The molecule has 0 heterocycles. The van der Waals surface area contributed by atoms with E-state index in [4.69, 9.17) is 18.6 Å². The SMILES string of the molecule is COC(=O)C(OC)C(CCc1ccccc1)(OC)O[Si](C)(C)C(C)(C)C. The molecule has 0 aromatic heterocycles. The van der Waals surface area contributed by atoms with Crippen molar-refractivity contribution in [2.75, 3.05) is 21.3 Å². The van der Waals surface area contributed by atoms with E-state index >= 15 is 0 Å². The first-order valence-electron chi connectivity index (χ1n) is 8.93. The predicted octanol–water partition coefficient (Wildman–Crippen LogP) is 4.17. The van der Waals surface area contributed by atoms with Gasteiger partial charge in [0.15, 0.2) is 14.1 Å². The van der Waals surface area contributed by atoms with Gasteiger partial charge in [0, 0.05) is 20.6 Å². The molecule has 0 spiro atoms. The molecule has 0 aliphatic heterocycles. The molecule has 0 aliphatic carbocycles. The molecule has 0 aliphatic rings. The van der Waals surface area contributed by atoms with Crippen LogP contribution in [0.25, 0.3) is 0 Å². The zero-order chi connectivity index (χ0) is 20.0. The summed E-state index contributed by atoms with van der Waals surface area (Å²) in [6.07, 6.45) is 0.212. The number of ether oxygens (including phenoxy) is 3. The van der Waals surface area contributed by atoms with E-state index in [0.717, 1.165) is 5.56 Å². The maximum absolute atomic E-state index is 12.4. The van der Waals surface area contributed by atoms with Crippen LogP contribution in [0, 0.1) is 0 Å². The Morgan fingerprint density at radius 1 is 1.08 bits per heavy atom. The Morgan fingerprint density at radius 3 is 2.08 bits per heavy atom. The number of benzene rings is 1. The summed E-state index contributed by atoms with van der Waals surface area (Å²) in [5.74, 6) is -1.71. The summed E-state index contributed by atoms with van der Waals surface area (Å²) >= 11 is 0. The van der Waals surface area contributed by atoms with Crippen LogP contribution in [0.2, 0.25) is 18.1 Å². The summed E-state index contributed by atoms with van der Waals surface area (Å²) < 4.78 is 22.9. The highest BCUT2D eigenvalue weighted by Gasteiger charge is 2.52. The molecule has 5 nitrogen and oxygen atoms in total. The Morgan fingerprint density at radius 2 is 1.65 bits per heavy atom. The summed E-state index contributed by atoms with van der Waals surface area (Å²) in [5, 5.41) is -0.0437. The van der Waals surface area contributed by atoms with Gasteiger partial charge in [-0.2, -0.15) is 0 Å². The Balaban J connectivity index is 3.25. The number of carbonyl (C=O) groups excluding carboxylic acids is 1. The first kappa shape index (κ1) is 22.8. The average Bonchev–Trinajstić information content (AvgIpc) is 2.59. The second-order valence-corrected chi connectivity index (χ2v) is 12.7. The van der Waals surface area contributed by atoms with Crippen molar-refractivity contribution in [3.05, 3.63) is 35.9 Å². The lowest BCUT2D eigenvalue weighted by Crippen LogP contribution is -2.59. The smallest absolute Gasteiger partial charge is 0.340 e. The molecule has 26 heavy (non-hydrogen) atoms. The summed E-state index contributed by atoms with van der Waals surface area (Å²) in [6.45, 7) is 10.7. The van der Waals surface area contributed by atoms with E-state index in [2.05, 4.69) is 33.9 Å². The van der Waals surface area contributed by atoms with Gasteiger partial charge in [-0.05, 0) is 30.1 Å². The number of hydrogen-bond donors (Lipinski definition) is 0. The average molecular weight is 383 g/mol. The lowest BCUT2D eigenvalue weighted by atomic mass is 10.00. The van der Waals surface area contributed by atoms with Crippen LogP contribution in [-0.2, 0) is 29.9 Å². The largest absolute Gasteiger partial charge is 0.467 e. The zero-order valence-electron chi connectivity index (χ0n) is 17.4. The van der Waals surface area contributed by atoms with Gasteiger partial charge >= 0.3 is 5.97 Å². The number of hydrogen-bond acceptors (Lipinski definition) is 5. The lowest BCUT2D eigenvalue weighted by molar-refractivity contribution is -0.245. The molecule has 0 fully saturated rings. The van der Waals surface area contributed by atoms with Gasteiger partial charge in [-0.1, -0.05) is 51.1 Å². The summed E-state index contributed by atoms with van der Waals surface area (Å²) in [6, 6.07) is 10.1. The molecule has 148 valence electrons. The van der Waals surface area contributed by atoms with Crippen molar-refractivity contribution in [1.82, 2.24) is 0 Å². The Hall–Kier alpha value is -1.21. The van der Waals surface area contributed by atoms with Crippen LogP contribution in [0.5, 0.6) is 0 Å². The number of methoxy groups -OCH3 is 3. The standard InChI is InChI=1S/C20H34O5Si/c1-19(2,3)26(7,8)25-20(24-6,17(22-4)18(21)23-5)15-14-16-12-10-9-11-13-16/h9-13,17H,14-15H2,1-8H3. The monoisotopic (exact) mass is 382 g/mol. The summed E-state index contributed by atoms with van der Waals surface area (Å²) in [4.78, 5) is 12.4. The molecule has 1 rings (SSSR count). The van der Waals surface area contributed by atoms with E-state index in [0.29, 0.717) is 12.8 Å². The lowest BCUT2D eigenvalue weighted by Gasteiger charge is -2.46. The van der Waals surface area contributed by atoms with Crippen LogP contribution in [0.3, 0.4) is 0 Å². The molecule has 2 atom stereocenters. The molecular weight excluding hydrogens is 348 g/mol. The molecule has 0 radical (unpaired) electrons. The summed E-state index contributed by atoms with van der Waals surface area (Å²) in [5.41, 5.74) is 1.15. The van der Waals surface area contributed by atoms with Gasteiger partial charge in [0.05, 0.1) is 7.11 Å². The molecule has 0 N–H and O–H groups in total. The highest BCUT2D eigenvalue weighted by Crippen LogP contribution is 2.42. The molecule has 2 unspecified atom stereocenters. The molecule has 0 saturated carbocycles. The van der Waals surface area contributed by atoms with E-state index < -0.39 is 26.2 Å². The van der Waals surface area contributed by atoms with Gasteiger partial charge in [-0.3, -0.25) is 0 Å². The van der Waals surface area contributed by atoms with Crippen molar-refractivity contribution >= 4 is 14.3 Å². The normalized spacial score (nSPS) is 16.0. The Bertz CT molecular complexity index is 567. The van der Waals surface area contributed by atoms with Crippen molar-refractivity contribution in [1.29, 1.82) is 0 Å². The van der Waals surface area contributed by atoms with Gasteiger partial charge in [0.1, 0.15) is 0 Å². The van der Waals surface area contributed by atoms with Crippen LogP contribution in [0.4, 0.5) is 0 Å². The van der Waals surface area contributed by atoms with Crippen molar-refractivity contribution in [2.45, 2.75) is 63.6 Å². The number of carbonyl (C=O) groups is 1. The molecule has 0 saturated heterocycles. The Labute approximate surface area is 159 Å². The van der Waals surface area contributed by atoms with Gasteiger partial charge in [-0.15, -0.1) is 0 Å². The van der Waals surface area contributed by atoms with Crippen molar-refractivity contribution in [3.8, 4) is 0 Å². The highest BCUT2D eigenvalue weighted by atomic mass is 28.4. The van der Waals surface area contributed by atoms with E-state index in [-0.39, 0.29) is 5.04 Å². The topological polar surface area (TPSA) is 54.0 Å². The van der Waals surface area contributed by atoms with Crippen LogP contribution < -0.4 is 0 Å². The third-order valence-electron chi connectivity index (χ3n) is 5.24. The fraction of sp³-hybridized carbons (Fsp3) is 0.650. The van der Waals surface area contributed by atoms with Crippen LogP contribution >= 0.6 is 0 Å².